The molecule has 0 unspecified atom stereocenters. The molecule has 0 aliphatic heterocycles. The van der Waals surface area contributed by atoms with Crippen LogP contribution in [-0.4, -0.2) is 19.3 Å². The van der Waals surface area contributed by atoms with Crippen molar-refractivity contribution in [1.29, 1.82) is 0 Å². The van der Waals surface area contributed by atoms with Crippen molar-refractivity contribution in [3.8, 4) is 0 Å². The summed E-state index contributed by atoms with van der Waals surface area (Å²) in [6, 6.07) is 3.54. The quantitative estimate of drug-likeness (QED) is 0.890. The number of benzene rings is 1. The molecule has 0 aliphatic rings. The topological polar surface area (TPSA) is 102 Å². The van der Waals surface area contributed by atoms with Crippen LogP contribution in [-0.2, 0) is 10.0 Å². The van der Waals surface area contributed by atoms with Crippen LogP contribution in [0, 0.1) is 11.6 Å². The van der Waals surface area contributed by atoms with Crippen LogP contribution in [0.5, 0.6) is 0 Å². The molecule has 3 N–H and O–H groups in total. The third-order valence-corrected chi connectivity index (χ3v) is 3.32. The summed E-state index contributed by atoms with van der Waals surface area (Å²) in [5, 5.41) is 7.12. The van der Waals surface area contributed by atoms with Gasteiger partial charge in [0.15, 0.2) is 0 Å². The second kappa shape index (κ2) is 5.54. The fraction of sp³-hybridized carbons (Fsp3) is 0. The Morgan fingerprint density at radius 1 is 1.10 bits per heavy atom. The molecule has 2 aromatic rings. The molecule has 1 amide bonds. The summed E-state index contributed by atoms with van der Waals surface area (Å²) in [6.07, 6.45) is 2.02. The van der Waals surface area contributed by atoms with Crippen LogP contribution in [0.4, 0.5) is 14.5 Å². The van der Waals surface area contributed by atoms with Gasteiger partial charge < -0.3 is 5.32 Å². The van der Waals surface area contributed by atoms with Gasteiger partial charge >= 0.3 is 0 Å². The number of hydrogen-bond acceptors (Lipinski definition) is 4. The van der Waals surface area contributed by atoms with Gasteiger partial charge in [0.05, 0.1) is 16.7 Å². The Bertz CT molecular complexity index is 809. The fourth-order valence-electron chi connectivity index (χ4n) is 1.54. The summed E-state index contributed by atoms with van der Waals surface area (Å²) < 4.78 is 48.6. The standard InChI is InChI=1S/C12H9F2N3O3S/c13-8-2-10(4-11(3-8)21(15,19)20)17-12(18)7-1-9(14)6-16-5-7/h1-6H,(H,17,18)(H2,15,19,20). The molecule has 0 radical (unpaired) electrons. The Kier molecular flexibility index (Phi) is 3.96. The SMILES string of the molecule is NS(=O)(=O)c1cc(F)cc(NC(=O)c2cncc(F)c2)c1. The molecule has 1 aromatic heterocycles. The number of carbonyl (C=O) groups excluding carboxylic acids is 1. The Hall–Kier alpha value is -2.39. The first kappa shape index (κ1) is 15.0. The molecule has 21 heavy (non-hydrogen) atoms. The Morgan fingerprint density at radius 2 is 1.81 bits per heavy atom. The molecular formula is C12H9F2N3O3S. The minimum absolute atomic E-state index is 0.101. The predicted molar refractivity (Wildman–Crippen MR) is 69.9 cm³/mol. The smallest absolute Gasteiger partial charge is 0.257 e. The summed E-state index contributed by atoms with van der Waals surface area (Å²) in [4.78, 5) is 14.8. The molecular weight excluding hydrogens is 304 g/mol. The summed E-state index contributed by atoms with van der Waals surface area (Å²) >= 11 is 0. The average Bonchev–Trinajstić information content (AvgIpc) is 2.37. The molecule has 1 aromatic carbocycles. The van der Waals surface area contributed by atoms with Crippen LogP contribution in [0.3, 0.4) is 0 Å². The highest BCUT2D eigenvalue weighted by Gasteiger charge is 2.13. The Labute approximate surface area is 118 Å². The molecule has 2 rings (SSSR count). The molecule has 6 nitrogen and oxygen atoms in total. The van der Waals surface area contributed by atoms with Crippen molar-refractivity contribution in [2.45, 2.75) is 4.90 Å². The van der Waals surface area contributed by atoms with Crippen molar-refractivity contribution in [2.75, 3.05) is 5.32 Å². The first-order chi connectivity index (χ1) is 9.75. The number of nitrogens with zero attached hydrogens (tertiary/aromatic N) is 1. The van der Waals surface area contributed by atoms with E-state index in [0.29, 0.717) is 6.07 Å². The normalized spacial score (nSPS) is 11.2. The molecule has 9 heteroatoms. The highest BCUT2D eigenvalue weighted by Crippen LogP contribution is 2.18. The van der Waals surface area contributed by atoms with Gasteiger partial charge in [-0.15, -0.1) is 0 Å². The van der Waals surface area contributed by atoms with Crippen molar-refractivity contribution in [3.63, 3.8) is 0 Å². The minimum Gasteiger partial charge on any atom is -0.322 e. The maximum Gasteiger partial charge on any atom is 0.257 e. The lowest BCUT2D eigenvalue weighted by Gasteiger charge is -2.07. The van der Waals surface area contributed by atoms with E-state index in [1.54, 1.807) is 0 Å². The van der Waals surface area contributed by atoms with Gasteiger partial charge in [-0.2, -0.15) is 0 Å². The van der Waals surface area contributed by atoms with Crippen molar-refractivity contribution in [2.24, 2.45) is 5.14 Å². The first-order valence-electron chi connectivity index (χ1n) is 5.51. The zero-order valence-corrected chi connectivity index (χ0v) is 11.2. The van der Waals surface area contributed by atoms with Gasteiger partial charge in [0.25, 0.3) is 5.91 Å². The number of primary sulfonamides is 1. The largest absolute Gasteiger partial charge is 0.322 e. The van der Waals surface area contributed by atoms with E-state index in [2.05, 4.69) is 10.3 Å². The number of nitrogens with two attached hydrogens (primary N) is 1. The van der Waals surface area contributed by atoms with Crippen molar-refractivity contribution >= 4 is 21.6 Å². The number of nitrogens with one attached hydrogen (secondary N) is 1. The number of anilines is 1. The molecule has 0 fully saturated rings. The number of rotatable bonds is 3. The molecule has 0 bridgehead atoms. The monoisotopic (exact) mass is 313 g/mol. The molecule has 0 atom stereocenters. The van der Waals surface area contributed by atoms with Crippen LogP contribution >= 0.6 is 0 Å². The number of amides is 1. The van der Waals surface area contributed by atoms with E-state index in [1.807, 2.05) is 0 Å². The summed E-state index contributed by atoms with van der Waals surface area (Å²) in [5.41, 5.74) is -0.232. The molecule has 0 saturated heterocycles. The fourth-order valence-corrected chi connectivity index (χ4v) is 2.11. The van der Waals surface area contributed by atoms with Crippen molar-refractivity contribution in [1.82, 2.24) is 4.98 Å². The number of sulfonamides is 1. The minimum atomic E-state index is -4.12. The maximum atomic E-state index is 13.3. The second-order valence-corrected chi connectivity index (χ2v) is 5.63. The predicted octanol–water partition coefficient (Wildman–Crippen LogP) is 1.26. The van der Waals surface area contributed by atoms with Gasteiger partial charge in [0.2, 0.25) is 10.0 Å². The van der Waals surface area contributed by atoms with Gasteiger partial charge in [0.1, 0.15) is 11.6 Å². The number of hydrogen-bond donors (Lipinski definition) is 2. The van der Waals surface area contributed by atoms with Crippen LogP contribution < -0.4 is 10.5 Å². The van der Waals surface area contributed by atoms with E-state index < -0.39 is 32.5 Å². The molecule has 0 spiro atoms. The van der Waals surface area contributed by atoms with Crippen LogP contribution in [0.2, 0.25) is 0 Å². The van der Waals surface area contributed by atoms with E-state index in [4.69, 9.17) is 5.14 Å². The van der Waals surface area contributed by atoms with Crippen LogP contribution in [0.25, 0.3) is 0 Å². The lowest BCUT2D eigenvalue weighted by molar-refractivity contribution is 0.102. The maximum absolute atomic E-state index is 13.3. The third kappa shape index (κ3) is 3.80. The second-order valence-electron chi connectivity index (χ2n) is 4.07. The molecule has 0 aliphatic carbocycles. The van der Waals surface area contributed by atoms with Crippen LogP contribution in [0.1, 0.15) is 10.4 Å². The van der Waals surface area contributed by atoms with E-state index in [-0.39, 0.29) is 11.3 Å². The first-order valence-corrected chi connectivity index (χ1v) is 7.05. The number of aromatic nitrogens is 1. The van der Waals surface area contributed by atoms with Gasteiger partial charge in [-0.25, -0.2) is 22.3 Å². The van der Waals surface area contributed by atoms with Gasteiger partial charge in [-0.05, 0) is 24.3 Å². The van der Waals surface area contributed by atoms with Gasteiger partial charge in [-0.3, -0.25) is 9.78 Å². The average molecular weight is 313 g/mol. The molecule has 0 saturated carbocycles. The van der Waals surface area contributed by atoms with E-state index in [1.165, 1.54) is 0 Å². The van der Waals surface area contributed by atoms with Crippen molar-refractivity contribution < 1.29 is 22.0 Å². The van der Waals surface area contributed by atoms with Gasteiger partial charge in [0, 0.05) is 11.9 Å². The lowest BCUT2D eigenvalue weighted by Crippen LogP contribution is -2.15. The number of pyridine rings is 1. The highest BCUT2D eigenvalue weighted by atomic mass is 32.2. The third-order valence-electron chi connectivity index (χ3n) is 2.42. The zero-order chi connectivity index (χ0) is 15.6. The zero-order valence-electron chi connectivity index (χ0n) is 10.4. The van der Waals surface area contributed by atoms with Crippen molar-refractivity contribution in [3.05, 3.63) is 53.9 Å². The van der Waals surface area contributed by atoms with E-state index in [9.17, 15) is 22.0 Å². The number of carbonyl (C=O) groups is 1. The van der Waals surface area contributed by atoms with Gasteiger partial charge in [-0.1, -0.05) is 0 Å². The Balaban J connectivity index is 2.32. The van der Waals surface area contributed by atoms with E-state index >= 15 is 0 Å². The Morgan fingerprint density at radius 3 is 2.43 bits per heavy atom. The summed E-state index contributed by atoms with van der Waals surface area (Å²) in [5.74, 6) is -2.38. The summed E-state index contributed by atoms with van der Waals surface area (Å²) in [6.45, 7) is 0. The summed E-state index contributed by atoms with van der Waals surface area (Å²) in [7, 11) is -4.12. The van der Waals surface area contributed by atoms with Crippen LogP contribution in [0.15, 0.2) is 41.6 Å². The highest BCUT2D eigenvalue weighted by molar-refractivity contribution is 7.89. The van der Waals surface area contributed by atoms with E-state index in [0.717, 1.165) is 30.6 Å². The molecule has 110 valence electrons. The lowest BCUT2D eigenvalue weighted by atomic mass is 10.2. The number of halogens is 2. The molecule has 1 heterocycles.